The fraction of sp³-hybridized carbons (Fsp3) is 0.300. The fourth-order valence-corrected chi connectivity index (χ4v) is 2.53. The van der Waals surface area contributed by atoms with Gasteiger partial charge in [-0.15, -0.1) is 0 Å². The summed E-state index contributed by atoms with van der Waals surface area (Å²) in [6.07, 6.45) is 1.58. The second kappa shape index (κ2) is 8.55. The summed E-state index contributed by atoms with van der Waals surface area (Å²) >= 11 is 0. The van der Waals surface area contributed by atoms with E-state index in [4.69, 9.17) is 20.9 Å². The summed E-state index contributed by atoms with van der Waals surface area (Å²) in [5.41, 5.74) is 13.7. The summed E-state index contributed by atoms with van der Waals surface area (Å²) in [6.45, 7) is 8.03. The molecule has 0 saturated carbocycles. The van der Waals surface area contributed by atoms with Gasteiger partial charge in [-0.05, 0) is 38.1 Å². The van der Waals surface area contributed by atoms with Gasteiger partial charge < -0.3 is 26.3 Å². The fourth-order valence-electron chi connectivity index (χ4n) is 2.53. The highest BCUT2D eigenvalue weighted by atomic mass is 16.5. The van der Waals surface area contributed by atoms with Gasteiger partial charge in [-0.3, -0.25) is 9.78 Å². The van der Waals surface area contributed by atoms with Crippen LogP contribution in [-0.4, -0.2) is 30.1 Å². The zero-order valence-corrected chi connectivity index (χ0v) is 15.9. The molecule has 0 aliphatic rings. The molecule has 0 fully saturated rings. The van der Waals surface area contributed by atoms with Crippen molar-refractivity contribution in [2.45, 2.75) is 26.0 Å². The van der Waals surface area contributed by atoms with Crippen molar-refractivity contribution >= 4 is 17.3 Å². The Bertz CT molecular complexity index is 834. The first kappa shape index (κ1) is 20.3. The van der Waals surface area contributed by atoms with Crippen LogP contribution in [0.25, 0.3) is 5.70 Å². The zero-order valence-electron chi connectivity index (χ0n) is 15.9. The third kappa shape index (κ3) is 5.46. The predicted octanol–water partition coefficient (Wildman–Crippen LogP) is 2.33. The van der Waals surface area contributed by atoms with Gasteiger partial charge in [-0.25, -0.2) is 0 Å². The molecule has 0 aliphatic heterocycles. The van der Waals surface area contributed by atoms with E-state index in [-0.39, 0.29) is 12.5 Å². The van der Waals surface area contributed by atoms with Crippen molar-refractivity contribution in [3.8, 4) is 5.75 Å². The lowest BCUT2D eigenvalue weighted by Crippen LogP contribution is -2.48. The van der Waals surface area contributed by atoms with Crippen LogP contribution < -0.4 is 21.5 Å². The van der Waals surface area contributed by atoms with Crippen molar-refractivity contribution in [2.24, 2.45) is 5.73 Å². The summed E-state index contributed by atoms with van der Waals surface area (Å²) in [4.78, 5) is 16.7. The molecule has 0 radical (unpaired) electrons. The SMILES string of the molecule is C=C(N)c1c(N)cccc1OCC(C)(C)NC(=O)c1ccnc(COC)c1. The number of aromatic nitrogens is 1. The Morgan fingerprint density at radius 1 is 1.33 bits per heavy atom. The largest absolute Gasteiger partial charge is 0.490 e. The van der Waals surface area contributed by atoms with Crippen LogP contribution in [0.2, 0.25) is 0 Å². The van der Waals surface area contributed by atoms with E-state index in [9.17, 15) is 4.79 Å². The summed E-state index contributed by atoms with van der Waals surface area (Å²) in [5.74, 6) is 0.301. The number of amides is 1. The molecule has 7 heteroatoms. The number of ether oxygens (including phenoxy) is 2. The van der Waals surface area contributed by atoms with Gasteiger partial charge in [0.15, 0.2) is 0 Å². The molecule has 0 aliphatic carbocycles. The lowest BCUT2D eigenvalue weighted by molar-refractivity contribution is 0.0880. The van der Waals surface area contributed by atoms with Crippen molar-refractivity contribution in [1.82, 2.24) is 10.3 Å². The first-order valence-corrected chi connectivity index (χ1v) is 8.46. The number of nitrogens with one attached hydrogen (secondary N) is 1. The molecule has 2 rings (SSSR count). The first-order chi connectivity index (χ1) is 12.7. The Balaban J connectivity index is 2.07. The number of nitrogens with zero attached hydrogens (tertiary/aromatic N) is 1. The minimum Gasteiger partial charge on any atom is -0.490 e. The molecule has 0 atom stereocenters. The number of carbonyl (C=O) groups excluding carboxylic acids is 1. The highest BCUT2D eigenvalue weighted by molar-refractivity contribution is 5.94. The molecule has 0 bridgehead atoms. The summed E-state index contributed by atoms with van der Waals surface area (Å²) in [5, 5.41) is 2.96. The molecule has 0 unspecified atom stereocenters. The van der Waals surface area contributed by atoms with Gasteiger partial charge in [0.1, 0.15) is 12.4 Å². The van der Waals surface area contributed by atoms with Crippen LogP contribution in [0.4, 0.5) is 5.69 Å². The molecular weight excluding hydrogens is 344 g/mol. The van der Waals surface area contributed by atoms with Crippen molar-refractivity contribution < 1.29 is 14.3 Å². The highest BCUT2D eigenvalue weighted by Crippen LogP contribution is 2.28. The normalized spacial score (nSPS) is 11.1. The van der Waals surface area contributed by atoms with Crippen molar-refractivity contribution in [3.63, 3.8) is 0 Å². The Morgan fingerprint density at radius 3 is 2.74 bits per heavy atom. The quantitative estimate of drug-likeness (QED) is 0.615. The molecule has 1 aromatic carbocycles. The predicted molar refractivity (Wildman–Crippen MR) is 106 cm³/mol. The number of pyridine rings is 1. The third-order valence-corrected chi connectivity index (χ3v) is 3.79. The molecule has 1 heterocycles. The molecule has 2 aromatic rings. The third-order valence-electron chi connectivity index (χ3n) is 3.79. The standard InChI is InChI=1S/C20H26N4O3/c1-13(21)18-16(22)6-5-7-17(18)27-12-20(2,3)24-19(25)14-8-9-23-15(10-14)11-26-4/h5-10H,1,11-12,21-22H2,2-4H3,(H,24,25). The second-order valence-electron chi connectivity index (χ2n) is 6.84. The average Bonchev–Trinajstić information content (AvgIpc) is 2.60. The van der Waals surface area contributed by atoms with Crippen molar-refractivity contribution in [1.29, 1.82) is 0 Å². The van der Waals surface area contributed by atoms with Gasteiger partial charge in [0.05, 0.1) is 23.4 Å². The first-order valence-electron chi connectivity index (χ1n) is 8.46. The number of nitrogens with two attached hydrogens (primary N) is 2. The van der Waals surface area contributed by atoms with E-state index in [1.807, 2.05) is 13.8 Å². The van der Waals surface area contributed by atoms with Gasteiger partial charge >= 0.3 is 0 Å². The van der Waals surface area contributed by atoms with Crippen LogP contribution in [0.15, 0.2) is 43.1 Å². The Morgan fingerprint density at radius 2 is 2.07 bits per heavy atom. The molecule has 7 nitrogen and oxygen atoms in total. The van der Waals surface area contributed by atoms with Crippen LogP contribution in [0.1, 0.15) is 35.5 Å². The second-order valence-corrected chi connectivity index (χ2v) is 6.84. The molecule has 144 valence electrons. The van der Waals surface area contributed by atoms with Crippen LogP contribution in [0, 0.1) is 0 Å². The van der Waals surface area contributed by atoms with Crippen molar-refractivity contribution in [2.75, 3.05) is 19.5 Å². The Kier molecular flexibility index (Phi) is 6.41. The molecule has 0 spiro atoms. The summed E-state index contributed by atoms with van der Waals surface area (Å²) in [6, 6.07) is 8.62. The number of nitrogen functional groups attached to an aromatic ring is 1. The summed E-state index contributed by atoms with van der Waals surface area (Å²) in [7, 11) is 1.58. The smallest absolute Gasteiger partial charge is 0.251 e. The van der Waals surface area contributed by atoms with E-state index < -0.39 is 5.54 Å². The maximum atomic E-state index is 12.6. The number of methoxy groups -OCH3 is 1. The molecular formula is C20H26N4O3. The molecule has 0 saturated heterocycles. The Hall–Kier alpha value is -3.06. The summed E-state index contributed by atoms with van der Waals surface area (Å²) < 4.78 is 10.9. The molecule has 1 aromatic heterocycles. The minimum atomic E-state index is -0.639. The molecule has 1 amide bonds. The van der Waals surface area contributed by atoms with Gasteiger partial charge in [0, 0.05) is 30.3 Å². The van der Waals surface area contributed by atoms with Crippen LogP contribution in [-0.2, 0) is 11.3 Å². The van der Waals surface area contributed by atoms with E-state index in [0.717, 1.165) is 0 Å². The van der Waals surface area contributed by atoms with Crippen LogP contribution >= 0.6 is 0 Å². The monoisotopic (exact) mass is 370 g/mol. The lowest BCUT2D eigenvalue weighted by atomic mass is 10.1. The zero-order chi connectivity index (χ0) is 20.0. The van der Waals surface area contributed by atoms with E-state index in [1.54, 1.807) is 43.6 Å². The number of anilines is 1. The lowest BCUT2D eigenvalue weighted by Gasteiger charge is -2.27. The highest BCUT2D eigenvalue weighted by Gasteiger charge is 2.23. The van der Waals surface area contributed by atoms with Gasteiger partial charge in [0.25, 0.3) is 5.91 Å². The van der Waals surface area contributed by atoms with Crippen LogP contribution in [0.3, 0.4) is 0 Å². The number of hydrogen-bond acceptors (Lipinski definition) is 6. The van der Waals surface area contributed by atoms with E-state index >= 15 is 0 Å². The van der Waals surface area contributed by atoms with E-state index in [0.29, 0.717) is 40.6 Å². The van der Waals surface area contributed by atoms with E-state index in [1.165, 1.54) is 0 Å². The maximum Gasteiger partial charge on any atom is 0.251 e. The van der Waals surface area contributed by atoms with Gasteiger partial charge in [0.2, 0.25) is 0 Å². The number of rotatable bonds is 8. The number of hydrogen-bond donors (Lipinski definition) is 3. The van der Waals surface area contributed by atoms with Gasteiger partial charge in [-0.2, -0.15) is 0 Å². The molecule has 27 heavy (non-hydrogen) atoms. The van der Waals surface area contributed by atoms with E-state index in [2.05, 4.69) is 16.9 Å². The average molecular weight is 370 g/mol. The molecule has 5 N–H and O–H groups in total. The maximum absolute atomic E-state index is 12.6. The minimum absolute atomic E-state index is 0.221. The number of carbonyl (C=O) groups is 1. The topological polar surface area (TPSA) is 112 Å². The van der Waals surface area contributed by atoms with Crippen LogP contribution in [0.5, 0.6) is 5.75 Å². The number of benzene rings is 1. The van der Waals surface area contributed by atoms with Gasteiger partial charge in [-0.1, -0.05) is 12.6 Å². The van der Waals surface area contributed by atoms with Crippen molar-refractivity contribution in [3.05, 3.63) is 59.9 Å². The Labute approximate surface area is 159 Å².